The molecule has 2 N–H and O–H groups in total. The molecule has 0 bridgehead atoms. The molecule has 0 saturated carbocycles. The molecule has 106 valence electrons. The van der Waals surface area contributed by atoms with Crippen LogP contribution in [0.2, 0.25) is 0 Å². The number of amides is 2. The standard InChI is InChI=1S/C15H18N2O3/c1-10-12(11-7-5-4-6-8-11)13(18)17(9-20-10)15(2,3)14(16)19/h4-8H,9H2,1-3H3,(H2,16,19). The first-order chi connectivity index (χ1) is 9.35. The van der Waals surface area contributed by atoms with E-state index in [0.717, 1.165) is 5.56 Å². The summed E-state index contributed by atoms with van der Waals surface area (Å²) >= 11 is 0. The van der Waals surface area contributed by atoms with E-state index in [1.165, 1.54) is 4.90 Å². The van der Waals surface area contributed by atoms with E-state index in [1.54, 1.807) is 20.8 Å². The molecular weight excluding hydrogens is 256 g/mol. The molecule has 0 radical (unpaired) electrons. The van der Waals surface area contributed by atoms with Crippen LogP contribution >= 0.6 is 0 Å². The van der Waals surface area contributed by atoms with E-state index in [-0.39, 0.29) is 12.6 Å². The van der Waals surface area contributed by atoms with Gasteiger partial charge in [0.05, 0.1) is 5.57 Å². The fourth-order valence-corrected chi connectivity index (χ4v) is 2.06. The summed E-state index contributed by atoms with van der Waals surface area (Å²) in [6, 6.07) is 9.24. The van der Waals surface area contributed by atoms with Crippen LogP contribution in [0.25, 0.3) is 5.57 Å². The van der Waals surface area contributed by atoms with Crippen LogP contribution in [-0.2, 0) is 14.3 Å². The highest BCUT2D eigenvalue weighted by molar-refractivity contribution is 6.21. The van der Waals surface area contributed by atoms with Gasteiger partial charge >= 0.3 is 0 Å². The SMILES string of the molecule is CC1=C(c2ccccc2)C(=O)N(C(C)(C)C(N)=O)CO1. The van der Waals surface area contributed by atoms with Crippen LogP contribution in [-0.4, -0.2) is 29.0 Å². The van der Waals surface area contributed by atoms with Crippen LogP contribution in [0.1, 0.15) is 26.3 Å². The van der Waals surface area contributed by atoms with Crippen molar-refractivity contribution in [2.75, 3.05) is 6.73 Å². The number of nitrogens with two attached hydrogens (primary N) is 1. The number of hydrogen-bond acceptors (Lipinski definition) is 3. The van der Waals surface area contributed by atoms with Crippen LogP contribution in [0.5, 0.6) is 0 Å². The van der Waals surface area contributed by atoms with Gasteiger partial charge in [-0.25, -0.2) is 0 Å². The highest BCUT2D eigenvalue weighted by Crippen LogP contribution is 2.30. The molecule has 0 unspecified atom stereocenters. The monoisotopic (exact) mass is 274 g/mol. The van der Waals surface area contributed by atoms with E-state index in [4.69, 9.17) is 10.5 Å². The van der Waals surface area contributed by atoms with Crippen molar-refractivity contribution in [3.8, 4) is 0 Å². The zero-order chi connectivity index (χ0) is 14.9. The van der Waals surface area contributed by atoms with Gasteiger partial charge in [-0.05, 0) is 26.3 Å². The predicted octanol–water partition coefficient (Wildman–Crippen LogP) is 1.50. The average molecular weight is 274 g/mol. The molecule has 1 aromatic carbocycles. The average Bonchev–Trinajstić information content (AvgIpc) is 2.39. The molecule has 2 amide bonds. The Balaban J connectivity index is 2.44. The van der Waals surface area contributed by atoms with Gasteiger partial charge in [-0.1, -0.05) is 30.3 Å². The maximum absolute atomic E-state index is 12.7. The normalized spacial score (nSPS) is 16.1. The first kappa shape index (κ1) is 14.1. The van der Waals surface area contributed by atoms with Gasteiger partial charge in [-0.15, -0.1) is 0 Å². The van der Waals surface area contributed by atoms with Crippen molar-refractivity contribution in [2.24, 2.45) is 5.73 Å². The second-order valence-electron chi connectivity index (χ2n) is 5.23. The molecule has 0 fully saturated rings. The van der Waals surface area contributed by atoms with Crippen molar-refractivity contribution in [3.63, 3.8) is 0 Å². The van der Waals surface area contributed by atoms with E-state index in [2.05, 4.69) is 0 Å². The van der Waals surface area contributed by atoms with E-state index in [0.29, 0.717) is 11.3 Å². The molecule has 0 saturated heterocycles. The van der Waals surface area contributed by atoms with E-state index >= 15 is 0 Å². The highest BCUT2D eigenvalue weighted by atomic mass is 16.5. The quantitative estimate of drug-likeness (QED) is 0.907. The van der Waals surface area contributed by atoms with E-state index in [1.807, 2.05) is 30.3 Å². The Hall–Kier alpha value is -2.30. The zero-order valence-electron chi connectivity index (χ0n) is 11.8. The molecule has 20 heavy (non-hydrogen) atoms. The Bertz CT molecular complexity index is 576. The zero-order valence-corrected chi connectivity index (χ0v) is 11.8. The largest absolute Gasteiger partial charge is 0.477 e. The number of rotatable bonds is 3. The third-order valence-electron chi connectivity index (χ3n) is 3.56. The van der Waals surface area contributed by atoms with Gasteiger partial charge in [0.15, 0.2) is 6.73 Å². The van der Waals surface area contributed by atoms with Crippen molar-refractivity contribution < 1.29 is 14.3 Å². The Morgan fingerprint density at radius 1 is 1.30 bits per heavy atom. The van der Waals surface area contributed by atoms with Crippen LogP contribution in [0.15, 0.2) is 36.1 Å². The van der Waals surface area contributed by atoms with Crippen LogP contribution in [0, 0.1) is 0 Å². The van der Waals surface area contributed by atoms with Crippen LogP contribution < -0.4 is 5.73 Å². The Labute approximate surface area is 118 Å². The van der Waals surface area contributed by atoms with Crippen molar-refractivity contribution in [2.45, 2.75) is 26.3 Å². The predicted molar refractivity (Wildman–Crippen MR) is 75.1 cm³/mol. The second-order valence-corrected chi connectivity index (χ2v) is 5.23. The van der Waals surface area contributed by atoms with Crippen LogP contribution in [0.4, 0.5) is 0 Å². The van der Waals surface area contributed by atoms with Gasteiger partial charge in [0, 0.05) is 0 Å². The first-order valence-corrected chi connectivity index (χ1v) is 6.36. The number of allylic oxidation sites excluding steroid dienone is 1. The number of benzene rings is 1. The topological polar surface area (TPSA) is 72.6 Å². The molecule has 1 heterocycles. The third kappa shape index (κ3) is 2.27. The highest BCUT2D eigenvalue weighted by Gasteiger charge is 2.40. The molecule has 0 spiro atoms. The Morgan fingerprint density at radius 3 is 2.45 bits per heavy atom. The lowest BCUT2D eigenvalue weighted by Gasteiger charge is -2.39. The molecular formula is C15H18N2O3. The number of ether oxygens (including phenoxy) is 1. The molecule has 0 aromatic heterocycles. The van der Waals surface area contributed by atoms with Crippen LogP contribution in [0.3, 0.4) is 0 Å². The maximum atomic E-state index is 12.7. The minimum absolute atomic E-state index is 0.0247. The summed E-state index contributed by atoms with van der Waals surface area (Å²) in [6.45, 7) is 4.99. The molecule has 0 atom stereocenters. The Kier molecular flexibility index (Phi) is 3.53. The molecule has 5 heteroatoms. The van der Waals surface area contributed by atoms with Crippen molar-refractivity contribution >= 4 is 17.4 Å². The van der Waals surface area contributed by atoms with E-state index in [9.17, 15) is 9.59 Å². The minimum Gasteiger partial charge on any atom is -0.477 e. The molecule has 1 aliphatic heterocycles. The lowest BCUT2D eigenvalue weighted by Crippen LogP contribution is -2.57. The molecule has 1 aliphatic rings. The summed E-state index contributed by atoms with van der Waals surface area (Å²) < 4.78 is 5.54. The lowest BCUT2D eigenvalue weighted by molar-refractivity contribution is -0.148. The summed E-state index contributed by atoms with van der Waals surface area (Å²) in [7, 11) is 0. The number of primary amides is 1. The van der Waals surface area contributed by atoms with Gasteiger partial charge < -0.3 is 10.5 Å². The van der Waals surface area contributed by atoms with E-state index < -0.39 is 11.4 Å². The molecule has 5 nitrogen and oxygen atoms in total. The second kappa shape index (κ2) is 5.00. The fourth-order valence-electron chi connectivity index (χ4n) is 2.06. The number of hydrogen-bond donors (Lipinski definition) is 1. The molecule has 2 rings (SSSR count). The molecule has 1 aromatic rings. The summed E-state index contributed by atoms with van der Waals surface area (Å²) in [5.41, 5.74) is 5.51. The fraction of sp³-hybridized carbons (Fsp3) is 0.333. The van der Waals surface area contributed by atoms with Crippen molar-refractivity contribution in [1.82, 2.24) is 4.90 Å². The smallest absolute Gasteiger partial charge is 0.261 e. The number of carbonyl (C=O) groups excluding carboxylic acids is 2. The van der Waals surface area contributed by atoms with Gasteiger partial charge in [-0.3, -0.25) is 14.5 Å². The van der Waals surface area contributed by atoms with Gasteiger partial charge in [0.25, 0.3) is 5.91 Å². The van der Waals surface area contributed by atoms with Gasteiger partial charge in [0.2, 0.25) is 5.91 Å². The maximum Gasteiger partial charge on any atom is 0.261 e. The summed E-state index contributed by atoms with van der Waals surface area (Å²) in [6.07, 6.45) is 0. The lowest BCUT2D eigenvalue weighted by atomic mass is 9.97. The number of carbonyl (C=O) groups is 2. The molecule has 0 aliphatic carbocycles. The first-order valence-electron chi connectivity index (χ1n) is 6.36. The van der Waals surface area contributed by atoms with Crippen molar-refractivity contribution in [3.05, 3.63) is 41.7 Å². The Morgan fingerprint density at radius 2 is 1.90 bits per heavy atom. The third-order valence-corrected chi connectivity index (χ3v) is 3.56. The minimum atomic E-state index is -1.10. The summed E-state index contributed by atoms with van der Waals surface area (Å²) in [5, 5.41) is 0. The summed E-state index contributed by atoms with van der Waals surface area (Å²) in [4.78, 5) is 25.6. The summed E-state index contributed by atoms with van der Waals surface area (Å²) in [5.74, 6) is -0.261. The van der Waals surface area contributed by atoms with Crippen molar-refractivity contribution in [1.29, 1.82) is 0 Å². The van der Waals surface area contributed by atoms with Gasteiger partial charge in [0.1, 0.15) is 11.3 Å². The number of nitrogens with zero attached hydrogens (tertiary/aromatic N) is 1. The van der Waals surface area contributed by atoms with Gasteiger partial charge in [-0.2, -0.15) is 0 Å².